The van der Waals surface area contributed by atoms with Gasteiger partial charge in [-0.05, 0) is 35.4 Å². The molecule has 3 nitrogen and oxygen atoms in total. The molecule has 1 unspecified atom stereocenters. The molecule has 2 N–H and O–H groups in total. The number of aliphatic hydroxyl groups excluding tert-OH is 1. The highest BCUT2D eigenvalue weighted by Gasteiger charge is 2.07. The largest absolute Gasteiger partial charge is 0.387 e. The Balaban J connectivity index is 1.53. The van der Waals surface area contributed by atoms with E-state index in [0.717, 1.165) is 12.1 Å². The first-order valence-corrected chi connectivity index (χ1v) is 8.07. The summed E-state index contributed by atoms with van der Waals surface area (Å²) in [5, 5.41) is 13.4. The highest BCUT2D eigenvalue weighted by atomic mass is 32.1. The predicted molar refractivity (Wildman–Crippen MR) is 90.7 cm³/mol. The second kappa shape index (κ2) is 7.31. The molecule has 4 heteroatoms. The quantitative estimate of drug-likeness (QED) is 0.731. The predicted octanol–water partition coefficient (Wildman–Crippen LogP) is 3.63. The average molecular weight is 310 g/mol. The van der Waals surface area contributed by atoms with Crippen LogP contribution < -0.4 is 5.32 Å². The minimum absolute atomic E-state index is 0.503. The molecule has 0 saturated heterocycles. The molecular formula is C18H18N2OS. The molecule has 0 aliphatic heterocycles. The standard InChI is InChI=1S/C18H18N2OS/c21-17(14-8-10-19-11-9-14)13-20-12-16-6-7-18(22-16)15-4-2-1-3-5-15/h1-11,17,20-21H,12-13H2. The van der Waals surface area contributed by atoms with Gasteiger partial charge in [0.2, 0.25) is 0 Å². The van der Waals surface area contributed by atoms with Gasteiger partial charge in [-0.25, -0.2) is 0 Å². The summed E-state index contributed by atoms with van der Waals surface area (Å²) < 4.78 is 0. The molecule has 0 spiro atoms. The molecule has 1 aromatic carbocycles. The molecule has 112 valence electrons. The lowest BCUT2D eigenvalue weighted by Crippen LogP contribution is -2.20. The van der Waals surface area contributed by atoms with Gasteiger partial charge >= 0.3 is 0 Å². The molecule has 0 fully saturated rings. The number of thiophene rings is 1. The summed E-state index contributed by atoms with van der Waals surface area (Å²) in [4.78, 5) is 6.49. The Morgan fingerprint density at radius 1 is 1.00 bits per heavy atom. The van der Waals surface area contributed by atoms with Crippen molar-refractivity contribution >= 4 is 11.3 Å². The van der Waals surface area contributed by atoms with Crippen molar-refractivity contribution in [3.05, 3.63) is 77.4 Å². The van der Waals surface area contributed by atoms with Crippen molar-refractivity contribution in [2.45, 2.75) is 12.6 Å². The van der Waals surface area contributed by atoms with Gasteiger partial charge in [0.1, 0.15) is 0 Å². The first kappa shape index (κ1) is 14.9. The summed E-state index contributed by atoms with van der Waals surface area (Å²) in [5.74, 6) is 0. The lowest BCUT2D eigenvalue weighted by Gasteiger charge is -2.11. The van der Waals surface area contributed by atoms with Crippen LogP contribution in [0.5, 0.6) is 0 Å². The third-order valence-corrected chi connectivity index (χ3v) is 4.58. The van der Waals surface area contributed by atoms with Crippen molar-refractivity contribution in [1.29, 1.82) is 0 Å². The third kappa shape index (κ3) is 3.80. The fraction of sp³-hybridized carbons (Fsp3) is 0.167. The molecule has 0 aliphatic carbocycles. The van der Waals surface area contributed by atoms with Gasteiger partial charge < -0.3 is 10.4 Å². The van der Waals surface area contributed by atoms with Crippen LogP contribution in [-0.2, 0) is 6.54 Å². The minimum atomic E-state index is -0.503. The Labute approximate surface area is 134 Å². The minimum Gasteiger partial charge on any atom is -0.387 e. The summed E-state index contributed by atoms with van der Waals surface area (Å²) >= 11 is 1.78. The van der Waals surface area contributed by atoms with Crippen molar-refractivity contribution in [1.82, 2.24) is 10.3 Å². The number of hydrogen-bond acceptors (Lipinski definition) is 4. The van der Waals surface area contributed by atoms with Crippen LogP contribution in [0.4, 0.5) is 0 Å². The van der Waals surface area contributed by atoms with Crippen molar-refractivity contribution in [3.8, 4) is 10.4 Å². The first-order chi connectivity index (χ1) is 10.8. The number of nitrogens with zero attached hydrogens (tertiary/aromatic N) is 1. The topological polar surface area (TPSA) is 45.1 Å². The lowest BCUT2D eigenvalue weighted by molar-refractivity contribution is 0.174. The number of rotatable bonds is 6. The van der Waals surface area contributed by atoms with E-state index >= 15 is 0 Å². The van der Waals surface area contributed by atoms with Crippen LogP contribution >= 0.6 is 11.3 Å². The fourth-order valence-electron chi connectivity index (χ4n) is 2.27. The highest BCUT2D eigenvalue weighted by molar-refractivity contribution is 7.15. The smallest absolute Gasteiger partial charge is 0.0915 e. The average Bonchev–Trinajstić information content (AvgIpc) is 3.05. The molecule has 3 aromatic rings. The normalized spacial score (nSPS) is 12.2. The first-order valence-electron chi connectivity index (χ1n) is 7.26. The van der Waals surface area contributed by atoms with Crippen LogP contribution in [0.25, 0.3) is 10.4 Å². The van der Waals surface area contributed by atoms with Gasteiger partial charge in [0.25, 0.3) is 0 Å². The van der Waals surface area contributed by atoms with Crippen LogP contribution in [0.1, 0.15) is 16.5 Å². The van der Waals surface area contributed by atoms with Gasteiger partial charge in [0, 0.05) is 35.2 Å². The number of pyridine rings is 1. The van der Waals surface area contributed by atoms with E-state index in [1.807, 2.05) is 18.2 Å². The SMILES string of the molecule is OC(CNCc1ccc(-c2ccccc2)s1)c1ccncc1. The van der Waals surface area contributed by atoms with Gasteiger partial charge in [0.15, 0.2) is 0 Å². The van der Waals surface area contributed by atoms with Crippen LogP contribution in [0.3, 0.4) is 0 Å². The van der Waals surface area contributed by atoms with Crippen molar-refractivity contribution < 1.29 is 5.11 Å². The summed E-state index contributed by atoms with van der Waals surface area (Å²) in [6, 6.07) is 18.3. The summed E-state index contributed by atoms with van der Waals surface area (Å²) in [5.41, 5.74) is 2.13. The monoisotopic (exact) mass is 310 g/mol. The van der Waals surface area contributed by atoms with Gasteiger partial charge in [-0.2, -0.15) is 0 Å². The molecule has 2 heterocycles. The Bertz CT molecular complexity index is 697. The Kier molecular flexibility index (Phi) is 4.96. The molecule has 0 bridgehead atoms. The maximum atomic E-state index is 10.1. The molecule has 0 amide bonds. The van der Waals surface area contributed by atoms with E-state index in [4.69, 9.17) is 0 Å². The molecular weight excluding hydrogens is 292 g/mol. The third-order valence-electron chi connectivity index (χ3n) is 3.45. The van der Waals surface area contributed by atoms with E-state index < -0.39 is 6.10 Å². The number of aromatic nitrogens is 1. The molecule has 2 aromatic heterocycles. The lowest BCUT2D eigenvalue weighted by atomic mass is 10.1. The molecule has 0 aliphatic rings. The van der Waals surface area contributed by atoms with E-state index in [-0.39, 0.29) is 0 Å². The maximum Gasteiger partial charge on any atom is 0.0915 e. The molecule has 0 saturated carbocycles. The molecule has 0 radical (unpaired) electrons. The summed E-state index contributed by atoms with van der Waals surface area (Å²) in [7, 11) is 0. The number of aliphatic hydroxyl groups is 1. The van der Waals surface area contributed by atoms with E-state index in [2.05, 4.69) is 46.7 Å². The van der Waals surface area contributed by atoms with Gasteiger partial charge in [-0.15, -0.1) is 11.3 Å². The highest BCUT2D eigenvalue weighted by Crippen LogP contribution is 2.27. The van der Waals surface area contributed by atoms with Gasteiger partial charge in [-0.1, -0.05) is 30.3 Å². The van der Waals surface area contributed by atoms with E-state index in [1.165, 1.54) is 15.3 Å². The zero-order valence-corrected chi connectivity index (χ0v) is 13.0. The summed E-state index contributed by atoms with van der Waals surface area (Å²) in [6.07, 6.45) is 2.89. The van der Waals surface area contributed by atoms with Gasteiger partial charge in [-0.3, -0.25) is 4.98 Å². The van der Waals surface area contributed by atoms with Gasteiger partial charge in [0.05, 0.1) is 6.10 Å². The van der Waals surface area contributed by atoms with E-state index in [0.29, 0.717) is 6.54 Å². The van der Waals surface area contributed by atoms with Crippen molar-refractivity contribution in [2.24, 2.45) is 0 Å². The Hall–Kier alpha value is -2.01. The number of hydrogen-bond donors (Lipinski definition) is 2. The molecule has 22 heavy (non-hydrogen) atoms. The number of nitrogens with one attached hydrogen (secondary N) is 1. The van der Waals surface area contributed by atoms with Crippen LogP contribution in [0, 0.1) is 0 Å². The van der Waals surface area contributed by atoms with Crippen LogP contribution in [-0.4, -0.2) is 16.6 Å². The Morgan fingerprint density at radius 2 is 1.77 bits per heavy atom. The van der Waals surface area contributed by atoms with Crippen LogP contribution in [0.15, 0.2) is 67.0 Å². The fourth-order valence-corrected chi connectivity index (χ4v) is 3.25. The molecule has 3 rings (SSSR count). The van der Waals surface area contributed by atoms with Crippen molar-refractivity contribution in [2.75, 3.05) is 6.54 Å². The second-order valence-corrected chi connectivity index (χ2v) is 6.23. The summed E-state index contributed by atoms with van der Waals surface area (Å²) in [6.45, 7) is 1.29. The van der Waals surface area contributed by atoms with E-state index in [9.17, 15) is 5.11 Å². The van der Waals surface area contributed by atoms with Crippen molar-refractivity contribution in [3.63, 3.8) is 0 Å². The maximum absolute atomic E-state index is 10.1. The number of benzene rings is 1. The van der Waals surface area contributed by atoms with Crippen LogP contribution in [0.2, 0.25) is 0 Å². The zero-order chi connectivity index (χ0) is 15.2. The Morgan fingerprint density at radius 3 is 2.55 bits per heavy atom. The molecule has 1 atom stereocenters. The van der Waals surface area contributed by atoms with E-state index in [1.54, 1.807) is 23.7 Å². The zero-order valence-electron chi connectivity index (χ0n) is 12.1. The second-order valence-electron chi connectivity index (χ2n) is 5.06.